The van der Waals surface area contributed by atoms with Crippen molar-refractivity contribution in [3.63, 3.8) is 0 Å². The van der Waals surface area contributed by atoms with Crippen LogP contribution in [0.4, 0.5) is 17.6 Å². The average molecular weight is 301 g/mol. The fourth-order valence-corrected chi connectivity index (χ4v) is 1.59. The fourth-order valence-electron chi connectivity index (χ4n) is 1.47. The Morgan fingerprint density at radius 1 is 1.00 bits per heavy atom. The zero-order valence-corrected chi connectivity index (χ0v) is 10.6. The first-order chi connectivity index (χ1) is 9.40. The molecule has 20 heavy (non-hydrogen) atoms. The molecule has 0 atom stereocenters. The summed E-state index contributed by atoms with van der Waals surface area (Å²) in [6, 6.07) is 4.73. The zero-order valence-electron chi connectivity index (χ0n) is 9.79. The molecule has 0 aromatic heterocycles. The van der Waals surface area contributed by atoms with Gasteiger partial charge in [0.05, 0.1) is 0 Å². The molecule has 2 aromatic carbocycles. The smallest absolute Gasteiger partial charge is 0.201 e. The van der Waals surface area contributed by atoms with E-state index in [1.165, 1.54) is 0 Å². The molecule has 0 saturated heterocycles. The van der Waals surface area contributed by atoms with E-state index < -0.39 is 34.8 Å². The van der Waals surface area contributed by atoms with Crippen molar-refractivity contribution in [2.75, 3.05) is 0 Å². The summed E-state index contributed by atoms with van der Waals surface area (Å²) in [5, 5.41) is 0. The third kappa shape index (κ3) is 2.72. The molecule has 0 radical (unpaired) electrons. The van der Waals surface area contributed by atoms with E-state index in [1.54, 1.807) is 0 Å². The van der Waals surface area contributed by atoms with E-state index in [2.05, 4.69) is 12.2 Å². The summed E-state index contributed by atoms with van der Waals surface area (Å²) in [6.07, 6.45) is 0. The minimum absolute atomic E-state index is 0.0398. The van der Waals surface area contributed by atoms with Crippen LogP contribution in [0, 0.1) is 23.3 Å². The van der Waals surface area contributed by atoms with Crippen LogP contribution >= 0.6 is 12.2 Å². The highest BCUT2D eigenvalue weighted by atomic mass is 32.1. The van der Waals surface area contributed by atoms with Crippen LogP contribution < -0.4 is 10.5 Å². The normalized spacial score (nSPS) is 10.4. The third-order valence-corrected chi connectivity index (χ3v) is 2.65. The van der Waals surface area contributed by atoms with Gasteiger partial charge in [-0.2, -0.15) is 4.39 Å². The molecule has 0 spiro atoms. The predicted octanol–water partition coefficient (Wildman–Crippen LogP) is 3.67. The van der Waals surface area contributed by atoms with Crippen LogP contribution in [0.25, 0.3) is 0 Å². The number of rotatable bonds is 3. The zero-order chi connectivity index (χ0) is 14.9. The minimum Gasteiger partial charge on any atom is -0.448 e. The van der Waals surface area contributed by atoms with Crippen molar-refractivity contribution in [2.45, 2.75) is 0 Å². The van der Waals surface area contributed by atoms with Crippen molar-refractivity contribution in [1.82, 2.24) is 0 Å². The van der Waals surface area contributed by atoms with Crippen LogP contribution in [0.15, 0.2) is 30.3 Å². The number of thiocarbonyl (C=S) groups is 1. The van der Waals surface area contributed by atoms with Crippen LogP contribution in [0.3, 0.4) is 0 Å². The van der Waals surface area contributed by atoms with Crippen LogP contribution in [0.2, 0.25) is 0 Å². The quantitative estimate of drug-likeness (QED) is 0.694. The fraction of sp³-hybridized carbons (Fsp3) is 0. The van der Waals surface area contributed by atoms with Gasteiger partial charge >= 0.3 is 0 Å². The Kier molecular flexibility index (Phi) is 3.89. The Balaban J connectivity index is 2.44. The summed E-state index contributed by atoms with van der Waals surface area (Å²) in [4.78, 5) is -0.203. The summed E-state index contributed by atoms with van der Waals surface area (Å²) >= 11 is 4.59. The van der Waals surface area contributed by atoms with Gasteiger partial charge in [-0.15, -0.1) is 0 Å². The van der Waals surface area contributed by atoms with Gasteiger partial charge in [0.25, 0.3) is 0 Å². The number of halogens is 4. The number of hydrogen-bond donors (Lipinski definition) is 1. The van der Waals surface area contributed by atoms with Gasteiger partial charge in [0, 0.05) is 5.56 Å². The standard InChI is InChI=1S/C13H7F4NOS/c14-7-2-1-3-10(11(7)17)19-12-8(15)4-6(13(18)20)5-9(12)16/h1-5H,(H2,18,20). The number of ether oxygens (including phenoxy) is 1. The van der Waals surface area contributed by atoms with Crippen molar-refractivity contribution in [1.29, 1.82) is 0 Å². The molecule has 0 saturated carbocycles. The van der Waals surface area contributed by atoms with Crippen molar-refractivity contribution in [2.24, 2.45) is 5.73 Å². The van der Waals surface area contributed by atoms with E-state index in [1.807, 2.05) is 0 Å². The lowest BCUT2D eigenvalue weighted by molar-refractivity contribution is 0.375. The highest BCUT2D eigenvalue weighted by Crippen LogP contribution is 2.30. The second kappa shape index (κ2) is 5.46. The van der Waals surface area contributed by atoms with Crippen molar-refractivity contribution in [3.8, 4) is 11.5 Å². The van der Waals surface area contributed by atoms with Gasteiger partial charge in [-0.05, 0) is 24.3 Å². The van der Waals surface area contributed by atoms with E-state index in [4.69, 9.17) is 10.5 Å². The second-order valence-corrected chi connectivity index (χ2v) is 4.23. The lowest BCUT2D eigenvalue weighted by Gasteiger charge is -2.10. The maximum atomic E-state index is 13.7. The van der Waals surface area contributed by atoms with Crippen LogP contribution in [0.1, 0.15) is 5.56 Å². The third-order valence-electron chi connectivity index (χ3n) is 2.41. The highest BCUT2D eigenvalue weighted by molar-refractivity contribution is 7.80. The molecule has 7 heteroatoms. The van der Waals surface area contributed by atoms with Crippen molar-refractivity contribution in [3.05, 3.63) is 59.2 Å². The molecule has 0 bridgehead atoms. The van der Waals surface area contributed by atoms with E-state index in [9.17, 15) is 17.6 Å². The lowest BCUT2D eigenvalue weighted by atomic mass is 10.2. The molecule has 0 aliphatic heterocycles. The van der Waals surface area contributed by atoms with Crippen molar-refractivity contribution < 1.29 is 22.3 Å². The highest BCUT2D eigenvalue weighted by Gasteiger charge is 2.17. The maximum Gasteiger partial charge on any atom is 0.201 e. The van der Waals surface area contributed by atoms with Gasteiger partial charge in [-0.1, -0.05) is 18.3 Å². The van der Waals surface area contributed by atoms with Gasteiger partial charge in [0.1, 0.15) is 4.99 Å². The maximum absolute atomic E-state index is 13.7. The van der Waals surface area contributed by atoms with Gasteiger partial charge in [0.15, 0.2) is 29.0 Å². The first kappa shape index (κ1) is 14.3. The molecule has 0 amide bonds. The second-order valence-electron chi connectivity index (χ2n) is 3.79. The molecule has 0 fully saturated rings. The summed E-state index contributed by atoms with van der Waals surface area (Å²) < 4.78 is 58.5. The minimum atomic E-state index is -1.34. The van der Waals surface area contributed by atoms with Crippen LogP contribution in [0.5, 0.6) is 11.5 Å². The molecule has 0 aliphatic rings. The first-order valence-corrected chi connectivity index (χ1v) is 5.71. The predicted molar refractivity (Wildman–Crippen MR) is 68.7 cm³/mol. The molecule has 104 valence electrons. The molecular formula is C13H7F4NOS. The summed E-state index contributed by atoms with van der Waals surface area (Å²) in [6.45, 7) is 0. The Labute approximate surface area is 116 Å². The van der Waals surface area contributed by atoms with E-state index >= 15 is 0 Å². The van der Waals surface area contributed by atoms with Crippen molar-refractivity contribution >= 4 is 17.2 Å². The molecule has 0 unspecified atom stereocenters. The molecule has 2 aromatic rings. The monoisotopic (exact) mass is 301 g/mol. The Hall–Kier alpha value is -2.15. The Morgan fingerprint density at radius 2 is 1.60 bits per heavy atom. The summed E-state index contributed by atoms with van der Waals surface area (Å²) in [7, 11) is 0. The van der Waals surface area contributed by atoms with Crippen LogP contribution in [-0.2, 0) is 0 Å². The van der Waals surface area contributed by atoms with Gasteiger partial charge in [-0.3, -0.25) is 0 Å². The number of hydrogen-bond acceptors (Lipinski definition) is 2. The van der Waals surface area contributed by atoms with Crippen LogP contribution in [-0.4, -0.2) is 4.99 Å². The molecular weight excluding hydrogens is 294 g/mol. The summed E-state index contributed by atoms with van der Waals surface area (Å²) in [5.74, 6) is -6.29. The van der Waals surface area contributed by atoms with Gasteiger partial charge < -0.3 is 10.5 Å². The van der Waals surface area contributed by atoms with E-state index in [0.29, 0.717) is 0 Å². The lowest BCUT2D eigenvalue weighted by Crippen LogP contribution is -2.10. The summed E-state index contributed by atoms with van der Waals surface area (Å²) in [5.41, 5.74) is 5.21. The molecule has 0 heterocycles. The van der Waals surface area contributed by atoms with E-state index in [0.717, 1.165) is 30.3 Å². The van der Waals surface area contributed by atoms with E-state index in [-0.39, 0.29) is 10.6 Å². The molecule has 2 N–H and O–H groups in total. The Bertz CT molecular complexity index is 667. The molecule has 2 nitrogen and oxygen atoms in total. The first-order valence-electron chi connectivity index (χ1n) is 5.31. The largest absolute Gasteiger partial charge is 0.448 e. The average Bonchev–Trinajstić information content (AvgIpc) is 2.38. The number of nitrogens with two attached hydrogens (primary N) is 1. The SMILES string of the molecule is NC(=S)c1cc(F)c(Oc2cccc(F)c2F)c(F)c1. The molecule has 0 aliphatic carbocycles. The molecule has 2 rings (SSSR count). The Morgan fingerprint density at radius 3 is 2.15 bits per heavy atom. The van der Waals surface area contributed by atoms with Gasteiger partial charge in [0.2, 0.25) is 5.82 Å². The topological polar surface area (TPSA) is 35.2 Å². The number of benzene rings is 2. The van der Waals surface area contributed by atoms with Gasteiger partial charge in [-0.25, -0.2) is 13.2 Å².